The molecule has 2 aromatic carbocycles. The van der Waals surface area contributed by atoms with Gasteiger partial charge in [-0.25, -0.2) is 9.18 Å². The molecule has 0 spiro atoms. The number of benzene rings is 2. The van der Waals surface area contributed by atoms with Crippen molar-refractivity contribution in [2.45, 2.75) is 26.7 Å². The quantitative estimate of drug-likeness (QED) is 0.556. The number of rotatable bonds is 8. The van der Waals surface area contributed by atoms with Crippen molar-refractivity contribution in [3.8, 4) is 0 Å². The predicted octanol–water partition coefficient (Wildman–Crippen LogP) is 4.24. The van der Waals surface area contributed by atoms with Gasteiger partial charge in [-0.15, -0.1) is 0 Å². The molecule has 6 heteroatoms. The van der Waals surface area contributed by atoms with Gasteiger partial charge in [-0.05, 0) is 54.4 Å². The van der Waals surface area contributed by atoms with Crippen LogP contribution in [0.25, 0.3) is 0 Å². The lowest BCUT2D eigenvalue weighted by Gasteiger charge is -2.08. The average Bonchev–Trinajstić information content (AvgIpc) is 2.65. The van der Waals surface area contributed by atoms with Gasteiger partial charge in [0.2, 0.25) is 5.91 Å². The normalized spacial score (nSPS) is 10.5. The number of nitrogens with one attached hydrogen (secondary N) is 1. The molecule has 2 rings (SSSR count). The topological polar surface area (TPSA) is 72.5 Å². The lowest BCUT2D eigenvalue weighted by Crippen LogP contribution is -2.14. The molecule has 1 amide bonds. The van der Waals surface area contributed by atoms with E-state index in [1.54, 1.807) is 24.3 Å². The summed E-state index contributed by atoms with van der Waals surface area (Å²) in [4.78, 5) is 35.8. The summed E-state index contributed by atoms with van der Waals surface area (Å²) < 4.78 is 18.0. The Kier molecular flexibility index (Phi) is 7.23. The largest absolute Gasteiger partial charge is 0.462 e. The summed E-state index contributed by atoms with van der Waals surface area (Å²) in [6.45, 7) is 4.25. The minimum absolute atomic E-state index is 0.00832. The van der Waals surface area contributed by atoms with E-state index < -0.39 is 11.8 Å². The van der Waals surface area contributed by atoms with E-state index in [2.05, 4.69) is 5.32 Å². The Morgan fingerprint density at radius 1 is 0.926 bits per heavy atom. The first-order valence-corrected chi connectivity index (χ1v) is 8.71. The van der Waals surface area contributed by atoms with E-state index in [1.165, 1.54) is 24.3 Å². The van der Waals surface area contributed by atoms with E-state index in [1.807, 2.05) is 13.8 Å². The van der Waals surface area contributed by atoms with Gasteiger partial charge in [0.25, 0.3) is 0 Å². The van der Waals surface area contributed by atoms with Crippen LogP contribution in [-0.4, -0.2) is 24.3 Å². The predicted molar refractivity (Wildman–Crippen MR) is 100 cm³/mol. The number of carbonyl (C=O) groups excluding carboxylic acids is 3. The molecule has 142 valence electrons. The molecule has 5 nitrogen and oxygen atoms in total. The van der Waals surface area contributed by atoms with Crippen LogP contribution in [-0.2, 0) is 9.53 Å². The van der Waals surface area contributed by atoms with Crippen molar-refractivity contribution in [2.24, 2.45) is 5.92 Å². The van der Waals surface area contributed by atoms with E-state index in [0.29, 0.717) is 23.4 Å². The lowest BCUT2D eigenvalue weighted by atomic mass is 10.1. The first-order valence-electron chi connectivity index (χ1n) is 8.71. The Morgan fingerprint density at radius 3 is 2.11 bits per heavy atom. The minimum atomic E-state index is -0.416. The number of ketones is 1. The third kappa shape index (κ3) is 6.66. The van der Waals surface area contributed by atoms with Crippen LogP contribution in [0.4, 0.5) is 10.1 Å². The molecular weight excluding hydrogens is 349 g/mol. The van der Waals surface area contributed by atoms with Gasteiger partial charge in [0, 0.05) is 24.1 Å². The van der Waals surface area contributed by atoms with Gasteiger partial charge < -0.3 is 10.1 Å². The maximum absolute atomic E-state index is 12.9. The molecular formula is C21H22FNO4. The number of hydrogen-bond donors (Lipinski definition) is 1. The molecule has 0 atom stereocenters. The lowest BCUT2D eigenvalue weighted by molar-refractivity contribution is -0.116. The molecule has 0 saturated carbocycles. The van der Waals surface area contributed by atoms with Crippen LogP contribution in [0.3, 0.4) is 0 Å². The summed E-state index contributed by atoms with van der Waals surface area (Å²) in [5, 5.41) is 2.67. The molecule has 27 heavy (non-hydrogen) atoms. The summed E-state index contributed by atoms with van der Waals surface area (Å²) in [5.41, 5.74) is 1.29. The SMILES string of the molecule is CC(C)COC(=O)c1ccc(NC(=O)CCC(=O)c2ccc(F)cc2)cc1. The molecule has 1 N–H and O–H groups in total. The highest BCUT2D eigenvalue weighted by molar-refractivity contribution is 6.00. The van der Waals surface area contributed by atoms with Gasteiger partial charge >= 0.3 is 5.97 Å². The van der Waals surface area contributed by atoms with Crippen molar-refractivity contribution in [3.05, 3.63) is 65.5 Å². The van der Waals surface area contributed by atoms with Gasteiger partial charge in [0.15, 0.2) is 5.78 Å². The van der Waals surface area contributed by atoms with Crippen LogP contribution >= 0.6 is 0 Å². The van der Waals surface area contributed by atoms with E-state index in [0.717, 1.165) is 0 Å². The minimum Gasteiger partial charge on any atom is -0.462 e. The summed E-state index contributed by atoms with van der Waals surface area (Å²) in [6, 6.07) is 11.6. The first-order chi connectivity index (χ1) is 12.8. The molecule has 0 heterocycles. The van der Waals surface area contributed by atoms with Gasteiger partial charge in [-0.1, -0.05) is 13.8 Å². The Bertz CT molecular complexity index is 798. The Hall–Kier alpha value is -3.02. The van der Waals surface area contributed by atoms with Gasteiger partial charge in [0.05, 0.1) is 12.2 Å². The third-order valence-corrected chi connectivity index (χ3v) is 3.70. The van der Waals surface area contributed by atoms with Crippen molar-refractivity contribution >= 4 is 23.3 Å². The van der Waals surface area contributed by atoms with Crippen LogP contribution in [0.5, 0.6) is 0 Å². The van der Waals surface area contributed by atoms with Gasteiger partial charge in [0.1, 0.15) is 5.82 Å². The summed E-state index contributed by atoms with van der Waals surface area (Å²) in [5.74, 6) is -1.12. The summed E-state index contributed by atoms with van der Waals surface area (Å²) >= 11 is 0. The first kappa shape index (κ1) is 20.3. The second-order valence-corrected chi connectivity index (χ2v) is 6.55. The number of ether oxygens (including phenoxy) is 1. The smallest absolute Gasteiger partial charge is 0.338 e. The van der Waals surface area contributed by atoms with Crippen LogP contribution in [0, 0.1) is 11.7 Å². The average molecular weight is 371 g/mol. The highest BCUT2D eigenvalue weighted by atomic mass is 19.1. The zero-order valence-corrected chi connectivity index (χ0v) is 15.3. The Morgan fingerprint density at radius 2 is 1.52 bits per heavy atom. The van der Waals surface area contributed by atoms with E-state index >= 15 is 0 Å². The molecule has 0 radical (unpaired) electrons. The van der Waals surface area contributed by atoms with Crippen molar-refractivity contribution in [1.82, 2.24) is 0 Å². The van der Waals surface area contributed by atoms with Crippen molar-refractivity contribution in [1.29, 1.82) is 0 Å². The highest BCUT2D eigenvalue weighted by Crippen LogP contribution is 2.13. The number of hydrogen-bond acceptors (Lipinski definition) is 4. The van der Waals surface area contributed by atoms with Crippen LogP contribution in [0.2, 0.25) is 0 Å². The maximum atomic E-state index is 12.9. The van der Waals surface area contributed by atoms with E-state index in [-0.39, 0.29) is 30.4 Å². The Labute approximate surface area is 157 Å². The van der Waals surface area contributed by atoms with Crippen LogP contribution in [0.15, 0.2) is 48.5 Å². The number of halogens is 1. The molecule has 0 fully saturated rings. The maximum Gasteiger partial charge on any atom is 0.338 e. The molecule has 0 aliphatic carbocycles. The zero-order valence-electron chi connectivity index (χ0n) is 15.3. The fourth-order valence-electron chi connectivity index (χ4n) is 2.25. The van der Waals surface area contributed by atoms with E-state index in [4.69, 9.17) is 4.74 Å². The number of carbonyl (C=O) groups is 3. The molecule has 0 aliphatic rings. The molecule has 0 aliphatic heterocycles. The molecule has 0 saturated heterocycles. The number of anilines is 1. The van der Waals surface area contributed by atoms with Crippen LogP contribution < -0.4 is 5.32 Å². The third-order valence-electron chi connectivity index (χ3n) is 3.70. The number of Topliss-reactive ketones (excluding diaryl/α,β-unsaturated/α-hetero) is 1. The van der Waals surface area contributed by atoms with Crippen LogP contribution in [0.1, 0.15) is 47.4 Å². The van der Waals surface area contributed by atoms with Crippen molar-refractivity contribution in [2.75, 3.05) is 11.9 Å². The van der Waals surface area contributed by atoms with Gasteiger partial charge in [-0.3, -0.25) is 9.59 Å². The molecule has 0 unspecified atom stereocenters. The summed E-state index contributed by atoms with van der Waals surface area (Å²) in [7, 11) is 0. The summed E-state index contributed by atoms with van der Waals surface area (Å²) in [6.07, 6.45) is 0.0332. The van der Waals surface area contributed by atoms with E-state index in [9.17, 15) is 18.8 Å². The molecule has 0 aromatic heterocycles. The van der Waals surface area contributed by atoms with Crippen molar-refractivity contribution in [3.63, 3.8) is 0 Å². The monoisotopic (exact) mass is 371 g/mol. The number of esters is 1. The standard InChI is InChI=1S/C21H22FNO4/c1-14(2)13-27-21(26)16-5-9-18(10-6-16)23-20(25)12-11-19(24)15-3-7-17(22)8-4-15/h3-10,14H,11-13H2,1-2H3,(H,23,25). The Balaban J connectivity index is 1.82. The van der Waals surface area contributed by atoms with Crippen molar-refractivity contribution < 1.29 is 23.5 Å². The van der Waals surface area contributed by atoms with Gasteiger partial charge in [-0.2, -0.15) is 0 Å². The molecule has 0 bridgehead atoms. The second kappa shape index (κ2) is 9.62. The fourth-order valence-corrected chi connectivity index (χ4v) is 2.25. The molecule has 2 aromatic rings. The number of amides is 1. The zero-order chi connectivity index (χ0) is 19.8. The highest BCUT2D eigenvalue weighted by Gasteiger charge is 2.11. The second-order valence-electron chi connectivity index (χ2n) is 6.55. The fraction of sp³-hybridized carbons (Fsp3) is 0.286.